The van der Waals surface area contributed by atoms with Gasteiger partial charge in [0.05, 0.1) is 36.9 Å². The molecular formula is C22H24ClN2O2+. The molecule has 4 nitrogen and oxygen atoms in total. The molecule has 0 bridgehead atoms. The Labute approximate surface area is 164 Å². The van der Waals surface area contributed by atoms with Gasteiger partial charge in [-0.15, -0.1) is 0 Å². The van der Waals surface area contributed by atoms with Crippen LogP contribution in [0, 0.1) is 0 Å². The lowest BCUT2D eigenvalue weighted by atomic mass is 10.1. The predicted octanol–water partition coefficient (Wildman–Crippen LogP) is 2.91. The Bertz CT molecular complexity index is 1010. The van der Waals surface area contributed by atoms with E-state index in [2.05, 4.69) is 30.0 Å². The molecule has 0 amide bonds. The zero-order valence-electron chi connectivity index (χ0n) is 15.5. The molecule has 2 aromatic carbocycles. The van der Waals surface area contributed by atoms with Crippen molar-refractivity contribution in [2.45, 2.75) is 19.9 Å². The monoisotopic (exact) mass is 383 g/mol. The summed E-state index contributed by atoms with van der Waals surface area (Å²) in [6, 6.07) is 15.9. The third-order valence-electron chi connectivity index (χ3n) is 5.41. The molecule has 1 saturated heterocycles. The third kappa shape index (κ3) is 3.87. The van der Waals surface area contributed by atoms with Crippen molar-refractivity contribution in [2.24, 2.45) is 0 Å². The van der Waals surface area contributed by atoms with Gasteiger partial charge < -0.3 is 14.2 Å². The van der Waals surface area contributed by atoms with E-state index in [1.165, 1.54) is 10.5 Å². The van der Waals surface area contributed by atoms with Gasteiger partial charge in [0.2, 0.25) is 0 Å². The number of anilines is 1. The van der Waals surface area contributed by atoms with E-state index in [-0.39, 0.29) is 5.63 Å². The van der Waals surface area contributed by atoms with Crippen LogP contribution >= 0.6 is 11.6 Å². The molecule has 0 radical (unpaired) electrons. The Morgan fingerprint density at radius 2 is 1.89 bits per heavy atom. The highest BCUT2D eigenvalue weighted by atomic mass is 35.5. The van der Waals surface area contributed by atoms with Crippen LogP contribution in [0.15, 0.2) is 57.7 Å². The minimum atomic E-state index is -0.264. The Balaban J connectivity index is 1.51. The normalized spacial score (nSPS) is 15.4. The van der Waals surface area contributed by atoms with Gasteiger partial charge in [0.15, 0.2) is 0 Å². The lowest BCUT2D eigenvalue weighted by Crippen LogP contribution is -3.13. The van der Waals surface area contributed by atoms with Gasteiger partial charge in [-0.1, -0.05) is 42.8 Å². The van der Waals surface area contributed by atoms with E-state index < -0.39 is 0 Å². The number of halogens is 1. The molecule has 4 rings (SSSR count). The molecule has 0 aliphatic carbocycles. The van der Waals surface area contributed by atoms with Crippen LogP contribution in [0.2, 0.25) is 5.02 Å². The molecule has 1 aromatic heterocycles. The Morgan fingerprint density at radius 3 is 2.63 bits per heavy atom. The van der Waals surface area contributed by atoms with E-state index in [4.69, 9.17) is 16.0 Å². The van der Waals surface area contributed by atoms with Crippen molar-refractivity contribution in [3.05, 3.63) is 75.1 Å². The molecule has 1 aliphatic heterocycles. The number of para-hydroxylation sites is 1. The highest BCUT2D eigenvalue weighted by Crippen LogP contribution is 2.25. The van der Waals surface area contributed by atoms with Gasteiger partial charge in [-0.3, -0.25) is 0 Å². The number of nitrogens with one attached hydrogen (secondary N) is 1. The number of nitrogens with zero attached hydrogens (tertiary/aromatic N) is 1. The molecule has 27 heavy (non-hydrogen) atoms. The molecule has 1 fully saturated rings. The van der Waals surface area contributed by atoms with Gasteiger partial charge in [0, 0.05) is 17.0 Å². The Hall–Kier alpha value is -2.30. The molecule has 2 heterocycles. The largest absolute Gasteiger partial charge is 0.423 e. The summed E-state index contributed by atoms with van der Waals surface area (Å²) in [6.45, 7) is 6.88. The van der Waals surface area contributed by atoms with E-state index in [0.29, 0.717) is 5.58 Å². The fraction of sp³-hybridized carbons (Fsp3) is 0.318. The van der Waals surface area contributed by atoms with Gasteiger partial charge in [0.25, 0.3) is 0 Å². The van der Waals surface area contributed by atoms with Gasteiger partial charge >= 0.3 is 5.63 Å². The second-order valence-corrected chi connectivity index (χ2v) is 7.55. The lowest BCUT2D eigenvalue weighted by Gasteiger charge is -2.34. The van der Waals surface area contributed by atoms with Crippen LogP contribution < -0.4 is 15.4 Å². The number of hydrogen-bond donors (Lipinski definition) is 1. The summed E-state index contributed by atoms with van der Waals surface area (Å²) in [7, 11) is 0. The zero-order chi connectivity index (χ0) is 18.8. The fourth-order valence-electron chi connectivity index (χ4n) is 3.86. The van der Waals surface area contributed by atoms with Crippen molar-refractivity contribution in [3.8, 4) is 0 Å². The number of fused-ring (bicyclic) bond motifs is 1. The minimum Gasteiger partial charge on any atom is -0.423 e. The Morgan fingerprint density at radius 1 is 1.11 bits per heavy atom. The lowest BCUT2D eigenvalue weighted by molar-refractivity contribution is -0.914. The summed E-state index contributed by atoms with van der Waals surface area (Å²) in [5, 5.41) is 1.85. The van der Waals surface area contributed by atoms with Crippen LogP contribution in [0.4, 0.5) is 5.69 Å². The minimum absolute atomic E-state index is 0.264. The maximum absolute atomic E-state index is 12.0. The number of hydrogen-bond acceptors (Lipinski definition) is 3. The molecule has 1 N–H and O–H groups in total. The van der Waals surface area contributed by atoms with Gasteiger partial charge in [-0.2, -0.15) is 0 Å². The molecule has 140 valence electrons. The molecule has 0 unspecified atom stereocenters. The van der Waals surface area contributed by atoms with Crippen molar-refractivity contribution in [2.75, 3.05) is 31.1 Å². The topological polar surface area (TPSA) is 37.9 Å². The highest BCUT2D eigenvalue weighted by Gasteiger charge is 2.22. The molecular weight excluding hydrogens is 360 g/mol. The van der Waals surface area contributed by atoms with Crippen molar-refractivity contribution in [1.29, 1.82) is 0 Å². The van der Waals surface area contributed by atoms with E-state index in [0.717, 1.165) is 60.8 Å². The van der Waals surface area contributed by atoms with Crippen molar-refractivity contribution in [3.63, 3.8) is 0 Å². The number of aryl methyl sites for hydroxylation is 1. The molecule has 1 aliphatic rings. The summed E-state index contributed by atoms with van der Waals surface area (Å²) >= 11 is 6.34. The van der Waals surface area contributed by atoms with Crippen LogP contribution in [0.25, 0.3) is 11.0 Å². The second kappa shape index (κ2) is 7.75. The fourth-order valence-corrected chi connectivity index (χ4v) is 4.11. The maximum Gasteiger partial charge on any atom is 0.336 e. The van der Waals surface area contributed by atoms with Gasteiger partial charge in [-0.25, -0.2) is 4.79 Å². The third-order valence-corrected chi connectivity index (χ3v) is 5.73. The summed E-state index contributed by atoms with van der Waals surface area (Å²) in [5.74, 6) is 0. The van der Waals surface area contributed by atoms with Crippen LogP contribution in [0.3, 0.4) is 0 Å². The molecule has 0 saturated carbocycles. The SMILES string of the molecule is CCc1ccc2c(C[NH+]3CCN(c4ccccc4Cl)CC3)cc(=O)oc2c1. The molecule has 5 heteroatoms. The predicted molar refractivity (Wildman–Crippen MR) is 110 cm³/mol. The Kier molecular flexibility index (Phi) is 5.19. The quantitative estimate of drug-likeness (QED) is 0.704. The van der Waals surface area contributed by atoms with Crippen LogP contribution in [0.1, 0.15) is 18.1 Å². The van der Waals surface area contributed by atoms with Crippen molar-refractivity contribution in [1.82, 2.24) is 0 Å². The summed E-state index contributed by atoms with van der Waals surface area (Å²) in [4.78, 5) is 15.8. The standard InChI is InChI=1S/C22H23ClN2O2/c1-2-16-7-8-18-17(14-22(26)27-21(18)13-16)15-24-9-11-25(12-10-24)20-6-4-3-5-19(20)23/h3-8,13-14H,2,9-12,15H2,1H3/p+1. The van der Waals surface area contributed by atoms with Gasteiger partial charge in [-0.05, 0) is 30.2 Å². The molecule has 0 spiro atoms. The molecule has 3 aromatic rings. The summed E-state index contributed by atoms with van der Waals surface area (Å²) in [6.07, 6.45) is 0.930. The van der Waals surface area contributed by atoms with E-state index in [1.54, 1.807) is 6.07 Å². The number of rotatable bonds is 4. The van der Waals surface area contributed by atoms with Crippen LogP contribution in [-0.4, -0.2) is 26.2 Å². The van der Waals surface area contributed by atoms with Crippen molar-refractivity contribution >= 4 is 28.3 Å². The first-order valence-electron chi connectivity index (χ1n) is 9.53. The van der Waals surface area contributed by atoms with E-state index >= 15 is 0 Å². The second-order valence-electron chi connectivity index (χ2n) is 7.14. The molecule has 0 atom stereocenters. The average Bonchev–Trinajstić information content (AvgIpc) is 2.68. The van der Waals surface area contributed by atoms with Crippen LogP contribution in [0.5, 0.6) is 0 Å². The van der Waals surface area contributed by atoms with Gasteiger partial charge in [0.1, 0.15) is 12.1 Å². The highest BCUT2D eigenvalue weighted by molar-refractivity contribution is 6.33. The van der Waals surface area contributed by atoms with Crippen LogP contribution in [-0.2, 0) is 13.0 Å². The first-order chi connectivity index (χ1) is 13.1. The smallest absolute Gasteiger partial charge is 0.336 e. The average molecular weight is 384 g/mol. The zero-order valence-corrected chi connectivity index (χ0v) is 16.3. The van der Waals surface area contributed by atoms with Crippen molar-refractivity contribution < 1.29 is 9.32 Å². The number of benzene rings is 2. The van der Waals surface area contributed by atoms with E-state index in [9.17, 15) is 4.79 Å². The number of piperazine rings is 1. The van der Waals surface area contributed by atoms with E-state index in [1.807, 2.05) is 24.3 Å². The first-order valence-corrected chi connectivity index (χ1v) is 9.90. The number of quaternary nitrogens is 1. The summed E-state index contributed by atoms with van der Waals surface area (Å²) < 4.78 is 5.43. The summed E-state index contributed by atoms with van der Waals surface area (Å²) in [5.41, 5.74) is 3.80. The maximum atomic E-state index is 12.0. The first kappa shape index (κ1) is 18.1.